The molecule has 0 heterocycles. The summed E-state index contributed by atoms with van der Waals surface area (Å²) in [5.41, 5.74) is 0.259. The molecule has 0 N–H and O–H groups in total. The van der Waals surface area contributed by atoms with Crippen LogP contribution in [-0.2, 0) is 5.41 Å². The smallest absolute Gasteiger partial charge is 0.203 e. The SMILES string of the molecule is CN=N[C@H](CCCC(C#N)(c1cc(OC)c(OC)c(OC)c1)C(C)C)CCC1CCCCC1. The first-order valence-corrected chi connectivity index (χ1v) is 12.5. The fraction of sp³-hybridized carbons (Fsp3) is 0.741. The van der Waals surface area contributed by atoms with Crippen molar-refractivity contribution in [1.82, 2.24) is 0 Å². The minimum Gasteiger partial charge on any atom is -0.493 e. The van der Waals surface area contributed by atoms with Crippen LogP contribution in [0.4, 0.5) is 0 Å². The van der Waals surface area contributed by atoms with Crippen molar-refractivity contribution in [3.63, 3.8) is 0 Å². The molecule has 1 aromatic carbocycles. The molecule has 184 valence electrons. The molecule has 6 heteroatoms. The van der Waals surface area contributed by atoms with E-state index < -0.39 is 5.41 Å². The lowest BCUT2D eigenvalue weighted by Crippen LogP contribution is -2.31. The maximum absolute atomic E-state index is 10.4. The van der Waals surface area contributed by atoms with Crippen LogP contribution in [0.3, 0.4) is 0 Å². The van der Waals surface area contributed by atoms with Crippen molar-refractivity contribution in [2.75, 3.05) is 28.4 Å². The molecule has 33 heavy (non-hydrogen) atoms. The van der Waals surface area contributed by atoms with E-state index in [-0.39, 0.29) is 12.0 Å². The van der Waals surface area contributed by atoms with Gasteiger partial charge in [0.25, 0.3) is 0 Å². The lowest BCUT2D eigenvalue weighted by molar-refractivity contribution is 0.306. The summed E-state index contributed by atoms with van der Waals surface area (Å²) in [6, 6.07) is 6.75. The Balaban J connectivity index is 2.17. The minimum atomic E-state index is -0.649. The summed E-state index contributed by atoms with van der Waals surface area (Å²) in [7, 11) is 6.57. The number of nitrogens with zero attached hydrogens (tertiary/aromatic N) is 3. The molecule has 1 aromatic rings. The number of hydrogen-bond donors (Lipinski definition) is 0. The van der Waals surface area contributed by atoms with Gasteiger partial charge in [0.05, 0.1) is 38.9 Å². The number of benzene rings is 1. The van der Waals surface area contributed by atoms with Crippen molar-refractivity contribution < 1.29 is 14.2 Å². The van der Waals surface area contributed by atoms with E-state index in [9.17, 15) is 5.26 Å². The van der Waals surface area contributed by atoms with E-state index in [0.717, 1.165) is 37.2 Å². The zero-order valence-corrected chi connectivity index (χ0v) is 21.5. The van der Waals surface area contributed by atoms with Crippen molar-refractivity contribution in [3.8, 4) is 23.3 Å². The third-order valence-electron chi connectivity index (χ3n) is 7.39. The molecule has 2 atom stereocenters. The number of nitriles is 1. The molecule has 1 aliphatic carbocycles. The summed E-state index contributed by atoms with van der Waals surface area (Å²) < 4.78 is 16.6. The van der Waals surface area contributed by atoms with Crippen LogP contribution < -0.4 is 14.2 Å². The zero-order valence-electron chi connectivity index (χ0n) is 21.5. The van der Waals surface area contributed by atoms with E-state index in [1.807, 2.05) is 12.1 Å². The number of hydrogen-bond acceptors (Lipinski definition) is 6. The molecular weight excluding hydrogens is 414 g/mol. The second-order valence-electron chi connectivity index (χ2n) is 9.59. The molecule has 0 aromatic heterocycles. The summed E-state index contributed by atoms with van der Waals surface area (Å²) in [5.74, 6) is 2.68. The average molecular weight is 458 g/mol. The number of azo groups is 1. The summed E-state index contributed by atoms with van der Waals surface area (Å²) >= 11 is 0. The topological polar surface area (TPSA) is 76.2 Å². The third-order valence-corrected chi connectivity index (χ3v) is 7.39. The van der Waals surface area contributed by atoms with Gasteiger partial charge >= 0.3 is 0 Å². The summed E-state index contributed by atoms with van der Waals surface area (Å²) in [5, 5.41) is 19.0. The van der Waals surface area contributed by atoms with Crippen LogP contribution in [0, 0.1) is 23.2 Å². The summed E-state index contributed by atoms with van der Waals surface area (Å²) in [6.07, 6.45) is 11.8. The van der Waals surface area contributed by atoms with Crippen LogP contribution in [0.1, 0.15) is 83.6 Å². The van der Waals surface area contributed by atoms with Crippen LogP contribution in [0.25, 0.3) is 0 Å². The molecule has 0 saturated heterocycles. The van der Waals surface area contributed by atoms with Gasteiger partial charge in [-0.15, -0.1) is 0 Å². The maximum Gasteiger partial charge on any atom is 0.203 e. The fourth-order valence-electron chi connectivity index (χ4n) is 5.30. The van der Waals surface area contributed by atoms with Crippen LogP contribution in [0.15, 0.2) is 22.4 Å². The molecule has 1 unspecified atom stereocenters. The number of methoxy groups -OCH3 is 3. The van der Waals surface area contributed by atoms with Crippen molar-refractivity contribution in [3.05, 3.63) is 17.7 Å². The average Bonchev–Trinajstić information content (AvgIpc) is 2.84. The van der Waals surface area contributed by atoms with Gasteiger partial charge in [-0.3, -0.25) is 0 Å². The van der Waals surface area contributed by atoms with Gasteiger partial charge in [-0.25, -0.2) is 0 Å². The van der Waals surface area contributed by atoms with Gasteiger partial charge in [-0.05, 0) is 61.6 Å². The van der Waals surface area contributed by atoms with Gasteiger partial charge in [-0.1, -0.05) is 46.0 Å². The predicted octanol–water partition coefficient (Wildman–Crippen LogP) is 7.11. The second-order valence-corrected chi connectivity index (χ2v) is 9.59. The molecule has 0 spiro atoms. The highest BCUT2D eigenvalue weighted by molar-refractivity contribution is 5.56. The van der Waals surface area contributed by atoms with Crippen molar-refractivity contribution >= 4 is 0 Å². The Bertz CT molecular complexity index is 771. The molecule has 1 saturated carbocycles. The lowest BCUT2D eigenvalue weighted by Gasteiger charge is -2.32. The van der Waals surface area contributed by atoms with E-state index >= 15 is 0 Å². The molecular formula is C27H43N3O3. The first-order chi connectivity index (χ1) is 15.9. The van der Waals surface area contributed by atoms with E-state index in [0.29, 0.717) is 17.2 Å². The normalized spacial score (nSPS) is 17.5. The summed E-state index contributed by atoms with van der Waals surface area (Å²) in [6.45, 7) is 4.22. The van der Waals surface area contributed by atoms with Crippen LogP contribution in [0.2, 0.25) is 0 Å². The van der Waals surface area contributed by atoms with Gasteiger partial charge in [0.1, 0.15) is 0 Å². The maximum atomic E-state index is 10.4. The predicted molar refractivity (Wildman–Crippen MR) is 132 cm³/mol. The first kappa shape index (κ1) is 27.0. The van der Waals surface area contributed by atoms with E-state index in [1.165, 1.54) is 38.5 Å². The number of ether oxygens (including phenoxy) is 3. The zero-order chi connectivity index (χ0) is 24.3. The molecule has 2 rings (SSSR count). The molecule has 0 bridgehead atoms. The Hall–Kier alpha value is -2.29. The van der Waals surface area contributed by atoms with Crippen LogP contribution in [0.5, 0.6) is 17.2 Å². The standard InChI is InChI=1S/C27H43N3O3/c1-20(2)27(19-28,22-17-24(31-4)26(33-6)25(18-22)32-5)16-10-13-23(30-29-3)15-14-21-11-8-7-9-12-21/h17-18,20-21,23H,7-16H2,1-6H3/t23-,27?/m1/s1. The van der Waals surface area contributed by atoms with Gasteiger partial charge in [0, 0.05) is 7.05 Å². The Kier molecular flexibility index (Phi) is 11.0. The van der Waals surface area contributed by atoms with Crippen molar-refractivity contribution in [1.29, 1.82) is 5.26 Å². The molecule has 0 radical (unpaired) electrons. The molecule has 0 aliphatic heterocycles. The van der Waals surface area contributed by atoms with Crippen LogP contribution >= 0.6 is 0 Å². The van der Waals surface area contributed by atoms with E-state index in [4.69, 9.17) is 14.2 Å². The minimum absolute atomic E-state index is 0.124. The van der Waals surface area contributed by atoms with Crippen molar-refractivity contribution in [2.45, 2.75) is 89.5 Å². The molecule has 1 aliphatic rings. The second kappa shape index (κ2) is 13.4. The Morgan fingerprint density at radius 1 is 1.03 bits per heavy atom. The lowest BCUT2D eigenvalue weighted by atomic mass is 9.69. The van der Waals surface area contributed by atoms with E-state index in [1.54, 1.807) is 28.4 Å². The Labute approximate surface area is 200 Å². The molecule has 6 nitrogen and oxygen atoms in total. The summed E-state index contributed by atoms with van der Waals surface area (Å²) in [4.78, 5) is 0. The fourth-order valence-corrected chi connectivity index (χ4v) is 5.30. The number of rotatable bonds is 13. The van der Waals surface area contributed by atoms with E-state index in [2.05, 4.69) is 30.1 Å². The quantitative estimate of drug-likeness (QED) is 0.296. The third kappa shape index (κ3) is 6.85. The largest absolute Gasteiger partial charge is 0.493 e. The van der Waals surface area contributed by atoms with Gasteiger partial charge in [0.2, 0.25) is 5.75 Å². The first-order valence-electron chi connectivity index (χ1n) is 12.5. The molecule has 0 amide bonds. The Morgan fingerprint density at radius 3 is 2.15 bits per heavy atom. The highest BCUT2D eigenvalue weighted by Crippen LogP contribution is 2.45. The van der Waals surface area contributed by atoms with Crippen LogP contribution in [-0.4, -0.2) is 34.4 Å². The highest BCUT2D eigenvalue weighted by Gasteiger charge is 2.37. The van der Waals surface area contributed by atoms with Gasteiger partial charge in [-0.2, -0.15) is 15.5 Å². The van der Waals surface area contributed by atoms with Crippen molar-refractivity contribution in [2.24, 2.45) is 22.1 Å². The Morgan fingerprint density at radius 2 is 1.67 bits per heavy atom. The van der Waals surface area contributed by atoms with Gasteiger partial charge in [0.15, 0.2) is 11.5 Å². The molecule has 1 fully saturated rings. The highest BCUT2D eigenvalue weighted by atomic mass is 16.5. The van der Waals surface area contributed by atoms with Gasteiger partial charge < -0.3 is 14.2 Å². The monoisotopic (exact) mass is 457 g/mol.